The van der Waals surface area contributed by atoms with Crippen molar-refractivity contribution in [1.29, 1.82) is 0 Å². The molecular formula is C22H18N4O6. The minimum atomic E-state index is -1.05. The molecule has 0 spiro atoms. The zero-order chi connectivity index (χ0) is 22.4. The van der Waals surface area contributed by atoms with Gasteiger partial charge >= 0.3 is 6.09 Å². The van der Waals surface area contributed by atoms with E-state index in [-0.39, 0.29) is 54.6 Å². The van der Waals surface area contributed by atoms with E-state index in [4.69, 9.17) is 9.84 Å². The molecule has 3 N–H and O–H groups in total. The van der Waals surface area contributed by atoms with Gasteiger partial charge < -0.3 is 24.7 Å². The zero-order valence-electron chi connectivity index (χ0n) is 16.7. The van der Waals surface area contributed by atoms with Gasteiger partial charge in [-0.15, -0.1) is 0 Å². The number of allylic oxidation sites excluding steroid dienone is 1. The highest BCUT2D eigenvalue weighted by atomic mass is 16.5. The predicted molar refractivity (Wildman–Crippen MR) is 113 cm³/mol. The smallest absolute Gasteiger partial charge is 0.407 e. The van der Waals surface area contributed by atoms with Crippen LogP contribution in [0, 0.1) is 0 Å². The van der Waals surface area contributed by atoms with Crippen LogP contribution in [0.1, 0.15) is 26.4 Å². The van der Waals surface area contributed by atoms with Gasteiger partial charge in [-0.05, 0) is 18.2 Å². The molecule has 0 radical (unpaired) electrons. The number of Topliss-reactive ketones (excluding diaryl/α,β-unsaturated/α-hetero) is 1. The summed E-state index contributed by atoms with van der Waals surface area (Å²) in [4.78, 5) is 39.8. The molecule has 1 saturated heterocycles. The van der Waals surface area contributed by atoms with Crippen molar-refractivity contribution in [3.63, 3.8) is 0 Å². The van der Waals surface area contributed by atoms with Crippen LogP contribution in [0.15, 0.2) is 42.2 Å². The van der Waals surface area contributed by atoms with Crippen molar-refractivity contribution in [1.82, 2.24) is 20.0 Å². The fourth-order valence-electron chi connectivity index (χ4n) is 3.93. The second kappa shape index (κ2) is 7.41. The molecule has 0 unspecified atom stereocenters. The number of para-hydroxylation sites is 1. The summed E-state index contributed by atoms with van der Waals surface area (Å²) in [5, 5.41) is 27.4. The molecule has 162 valence electrons. The van der Waals surface area contributed by atoms with Gasteiger partial charge in [-0.2, -0.15) is 5.10 Å². The van der Waals surface area contributed by atoms with Crippen molar-refractivity contribution in [2.45, 2.75) is 0 Å². The number of piperazine rings is 1. The summed E-state index contributed by atoms with van der Waals surface area (Å²) in [6.07, 6.45) is 0.452. The van der Waals surface area contributed by atoms with E-state index in [2.05, 4.69) is 10.2 Å². The van der Waals surface area contributed by atoms with Crippen LogP contribution in [-0.4, -0.2) is 74.2 Å². The Balaban J connectivity index is 1.47. The maximum absolute atomic E-state index is 13.1. The summed E-state index contributed by atoms with van der Waals surface area (Å²) in [5.74, 6) is -1.27. The second-order valence-electron chi connectivity index (χ2n) is 7.49. The average molecular weight is 434 g/mol. The molecule has 2 aliphatic rings. The molecule has 1 aromatic heterocycles. The number of ketones is 1. The van der Waals surface area contributed by atoms with E-state index in [1.54, 1.807) is 0 Å². The van der Waals surface area contributed by atoms with E-state index < -0.39 is 17.8 Å². The van der Waals surface area contributed by atoms with Crippen LogP contribution >= 0.6 is 0 Å². The van der Waals surface area contributed by atoms with Crippen LogP contribution in [0.4, 0.5) is 4.79 Å². The number of amides is 2. The number of carbonyl (C=O) groups is 3. The van der Waals surface area contributed by atoms with Gasteiger partial charge in [0.15, 0.2) is 11.5 Å². The Kier molecular flexibility index (Phi) is 4.54. The largest absolute Gasteiger partial charge is 0.507 e. The molecule has 0 aliphatic carbocycles. The molecule has 10 heteroatoms. The SMILES string of the molecule is O=C1/C(=C/c2n[nH]c3ccccc23)Oc2c1ccc(O)c2C(=O)N1CCN(C(=O)O)CC1. The van der Waals surface area contributed by atoms with Gasteiger partial charge in [0.05, 0.1) is 16.8 Å². The second-order valence-corrected chi connectivity index (χ2v) is 7.49. The predicted octanol–water partition coefficient (Wildman–Crippen LogP) is 2.32. The first kappa shape index (κ1) is 19.6. The third-order valence-corrected chi connectivity index (χ3v) is 5.64. The first-order valence-electron chi connectivity index (χ1n) is 9.94. The molecule has 32 heavy (non-hydrogen) atoms. The van der Waals surface area contributed by atoms with E-state index in [0.717, 1.165) is 10.9 Å². The number of aromatic nitrogens is 2. The van der Waals surface area contributed by atoms with E-state index in [9.17, 15) is 19.5 Å². The number of aromatic amines is 1. The highest BCUT2D eigenvalue weighted by Gasteiger charge is 2.36. The lowest BCUT2D eigenvalue weighted by Crippen LogP contribution is -2.50. The number of nitrogens with one attached hydrogen (secondary N) is 1. The van der Waals surface area contributed by atoms with Crippen molar-refractivity contribution >= 4 is 34.8 Å². The molecule has 10 nitrogen and oxygen atoms in total. The number of hydrogen-bond donors (Lipinski definition) is 3. The van der Waals surface area contributed by atoms with Gasteiger partial charge in [-0.25, -0.2) is 4.79 Å². The Hall–Kier alpha value is -4.34. The molecule has 3 heterocycles. The third kappa shape index (κ3) is 3.13. The highest BCUT2D eigenvalue weighted by Crippen LogP contribution is 2.40. The van der Waals surface area contributed by atoms with E-state index in [0.29, 0.717) is 5.69 Å². The summed E-state index contributed by atoms with van der Waals surface area (Å²) in [7, 11) is 0. The Morgan fingerprint density at radius 1 is 1.06 bits per heavy atom. The number of fused-ring (bicyclic) bond motifs is 2. The molecule has 3 aromatic rings. The third-order valence-electron chi connectivity index (χ3n) is 5.64. The maximum Gasteiger partial charge on any atom is 0.407 e. The van der Waals surface area contributed by atoms with Crippen molar-refractivity contribution in [2.24, 2.45) is 0 Å². The number of carbonyl (C=O) groups excluding carboxylic acids is 2. The number of ether oxygens (including phenoxy) is 1. The summed E-state index contributed by atoms with van der Waals surface area (Å²) in [5.41, 5.74) is 1.37. The first-order valence-corrected chi connectivity index (χ1v) is 9.94. The summed E-state index contributed by atoms with van der Waals surface area (Å²) in [6.45, 7) is 0.663. The number of benzene rings is 2. The summed E-state index contributed by atoms with van der Waals surface area (Å²) in [6, 6.07) is 10.1. The maximum atomic E-state index is 13.1. The Morgan fingerprint density at radius 3 is 2.53 bits per heavy atom. The van der Waals surface area contributed by atoms with E-state index >= 15 is 0 Å². The average Bonchev–Trinajstić information content (AvgIpc) is 3.34. The topological polar surface area (TPSA) is 136 Å². The molecule has 5 rings (SSSR count). The van der Waals surface area contributed by atoms with Crippen LogP contribution in [0.3, 0.4) is 0 Å². The number of phenolic OH excluding ortho intramolecular Hbond substituents is 1. The Bertz CT molecular complexity index is 1300. The number of rotatable bonds is 2. The van der Waals surface area contributed by atoms with Crippen LogP contribution < -0.4 is 4.74 Å². The number of phenols is 1. The minimum absolute atomic E-state index is 0.00685. The van der Waals surface area contributed by atoms with Gasteiger partial charge in [0.25, 0.3) is 5.91 Å². The molecule has 0 bridgehead atoms. The number of aromatic hydroxyl groups is 1. The zero-order valence-corrected chi connectivity index (χ0v) is 16.7. The van der Waals surface area contributed by atoms with Gasteiger partial charge in [0.2, 0.25) is 5.78 Å². The molecule has 0 atom stereocenters. The van der Waals surface area contributed by atoms with E-state index in [1.165, 1.54) is 28.0 Å². The number of H-pyrrole nitrogens is 1. The van der Waals surface area contributed by atoms with Gasteiger partial charge in [0.1, 0.15) is 11.3 Å². The van der Waals surface area contributed by atoms with Crippen molar-refractivity contribution in [3.05, 3.63) is 59.0 Å². The normalized spacial score (nSPS) is 17.0. The van der Waals surface area contributed by atoms with Crippen LogP contribution in [0.2, 0.25) is 0 Å². The van der Waals surface area contributed by atoms with Gasteiger partial charge in [-0.3, -0.25) is 14.7 Å². The number of nitrogens with zero attached hydrogens (tertiary/aromatic N) is 3. The van der Waals surface area contributed by atoms with Crippen LogP contribution in [0.5, 0.6) is 11.5 Å². The Labute approximate surface area is 181 Å². The fraction of sp³-hybridized carbons (Fsp3) is 0.182. The molecule has 2 amide bonds. The van der Waals surface area contributed by atoms with Gasteiger partial charge in [-0.1, -0.05) is 18.2 Å². The first-order chi connectivity index (χ1) is 15.4. The summed E-state index contributed by atoms with van der Waals surface area (Å²) >= 11 is 0. The Morgan fingerprint density at radius 2 is 1.78 bits per heavy atom. The molecule has 2 aromatic carbocycles. The molecule has 2 aliphatic heterocycles. The lowest BCUT2D eigenvalue weighted by atomic mass is 10.0. The lowest BCUT2D eigenvalue weighted by Gasteiger charge is -2.33. The standard InChI is InChI=1S/C22H18N4O6/c27-16-6-5-13-19(28)17(11-15-12-3-1-2-4-14(12)23-24-15)32-20(13)18(16)21(29)25-7-9-26(10-8-25)22(30)31/h1-6,11,27H,7-10H2,(H,23,24)(H,30,31)/b17-11-. The van der Waals surface area contributed by atoms with Crippen molar-refractivity contribution in [3.8, 4) is 11.5 Å². The molecule has 0 saturated carbocycles. The van der Waals surface area contributed by atoms with Crippen LogP contribution in [-0.2, 0) is 0 Å². The van der Waals surface area contributed by atoms with Crippen molar-refractivity contribution < 1.29 is 29.3 Å². The molecule has 1 fully saturated rings. The minimum Gasteiger partial charge on any atom is -0.507 e. The quantitative estimate of drug-likeness (QED) is 0.527. The summed E-state index contributed by atoms with van der Waals surface area (Å²) < 4.78 is 5.77. The molecular weight excluding hydrogens is 416 g/mol. The number of carboxylic acid groups (broad SMARTS) is 1. The van der Waals surface area contributed by atoms with Crippen molar-refractivity contribution in [2.75, 3.05) is 26.2 Å². The van der Waals surface area contributed by atoms with E-state index in [1.807, 2.05) is 24.3 Å². The monoisotopic (exact) mass is 434 g/mol. The number of hydrogen-bond acceptors (Lipinski definition) is 6. The van der Waals surface area contributed by atoms with Gasteiger partial charge in [0, 0.05) is 37.6 Å². The highest BCUT2D eigenvalue weighted by molar-refractivity contribution is 6.17. The lowest BCUT2D eigenvalue weighted by molar-refractivity contribution is 0.0619. The fourth-order valence-corrected chi connectivity index (χ4v) is 3.93. The van der Waals surface area contributed by atoms with Crippen LogP contribution in [0.25, 0.3) is 17.0 Å².